The minimum atomic E-state index is -4.56. The van der Waals surface area contributed by atoms with Crippen LogP contribution in [0.2, 0.25) is 0 Å². The van der Waals surface area contributed by atoms with Crippen molar-refractivity contribution in [2.24, 2.45) is 0 Å². The van der Waals surface area contributed by atoms with Crippen molar-refractivity contribution in [1.29, 1.82) is 0 Å². The molecule has 1 aromatic carbocycles. The molecule has 0 amide bonds. The van der Waals surface area contributed by atoms with Crippen LogP contribution in [0.3, 0.4) is 0 Å². The fourth-order valence-electron chi connectivity index (χ4n) is 2.26. The first-order chi connectivity index (χ1) is 9.23. The number of halogens is 3. The molecule has 0 spiro atoms. The maximum atomic E-state index is 12.7. The molecule has 111 valence electrons. The van der Waals surface area contributed by atoms with Crippen LogP contribution < -0.4 is 0 Å². The summed E-state index contributed by atoms with van der Waals surface area (Å²) in [4.78, 5) is -0.331. The number of nitrogens with zero attached hydrogens (tertiary/aromatic N) is 1. The van der Waals surface area contributed by atoms with Crippen LogP contribution in [0.4, 0.5) is 13.2 Å². The minimum absolute atomic E-state index is 0.298. The first-order valence-corrected chi connectivity index (χ1v) is 7.69. The smallest absolute Gasteiger partial charge is 0.207 e. The van der Waals surface area contributed by atoms with Gasteiger partial charge in [0, 0.05) is 12.6 Å². The highest BCUT2D eigenvalue weighted by Gasteiger charge is 2.34. The zero-order valence-corrected chi connectivity index (χ0v) is 11.5. The topological polar surface area (TPSA) is 37.4 Å². The Balaban J connectivity index is 2.39. The number of hydrogen-bond donors (Lipinski definition) is 0. The van der Waals surface area contributed by atoms with Gasteiger partial charge in [0.05, 0.1) is 10.5 Å². The van der Waals surface area contributed by atoms with Crippen molar-refractivity contribution in [2.45, 2.75) is 36.4 Å². The average molecular weight is 306 g/mol. The lowest BCUT2D eigenvalue weighted by Gasteiger charge is -2.32. The maximum Gasteiger partial charge on any atom is 0.416 e. The highest BCUT2D eigenvalue weighted by Crippen LogP contribution is 2.32. The van der Waals surface area contributed by atoms with E-state index >= 15 is 0 Å². The van der Waals surface area contributed by atoms with E-state index in [-0.39, 0.29) is 4.90 Å². The van der Waals surface area contributed by atoms with Crippen LogP contribution in [0.15, 0.2) is 29.2 Å². The molecular weight excluding hydrogens is 291 g/mol. The molecule has 2 rings (SSSR count). The van der Waals surface area contributed by atoms with E-state index in [0.29, 0.717) is 25.5 Å². The first kappa shape index (κ1) is 15.3. The van der Waals surface area contributed by atoms with E-state index in [9.17, 15) is 21.6 Å². The third-order valence-electron chi connectivity index (χ3n) is 3.34. The Morgan fingerprint density at radius 3 is 2.55 bits per heavy atom. The van der Waals surface area contributed by atoms with E-state index in [4.69, 9.17) is 0 Å². The van der Waals surface area contributed by atoms with Crippen LogP contribution >= 0.6 is 0 Å². The van der Waals surface area contributed by atoms with Gasteiger partial charge in [0.2, 0.25) is 10.0 Å². The molecule has 7 heteroatoms. The molecule has 1 heterocycles. The molecule has 1 unspecified atom stereocenters. The number of piperidine rings is 1. The quantitative estimate of drug-likeness (QED) is 0.842. The monoisotopic (exact) mass is 306 g/mol. The Kier molecular flexibility index (Phi) is 4.11. The summed E-state index contributed by atoms with van der Waals surface area (Å²) >= 11 is 0. The summed E-state index contributed by atoms with van der Waals surface area (Å²) in [5.74, 6) is 0. The van der Waals surface area contributed by atoms with Crippen LogP contribution in [-0.4, -0.2) is 25.3 Å². The van der Waals surface area contributed by atoms with Gasteiger partial charge >= 0.3 is 6.18 Å². The van der Waals surface area contributed by atoms with Gasteiger partial charge in [-0.15, -0.1) is 0 Å². The molecule has 0 aromatic heterocycles. The Morgan fingerprint density at radius 2 is 1.95 bits per heavy atom. The number of sulfonamides is 1. The maximum absolute atomic E-state index is 12.7. The van der Waals surface area contributed by atoms with E-state index in [2.05, 4.69) is 6.92 Å². The Hall–Kier alpha value is -1.08. The van der Waals surface area contributed by atoms with Crippen LogP contribution in [0.5, 0.6) is 0 Å². The van der Waals surface area contributed by atoms with Gasteiger partial charge in [-0.2, -0.15) is 17.5 Å². The second-order valence-corrected chi connectivity index (χ2v) is 6.68. The summed E-state index contributed by atoms with van der Waals surface area (Å²) in [5, 5.41) is 0. The van der Waals surface area contributed by atoms with Crippen molar-refractivity contribution in [2.75, 3.05) is 6.54 Å². The predicted octanol–water partition coefficient (Wildman–Crippen LogP) is 3.08. The molecule has 1 aliphatic heterocycles. The van der Waals surface area contributed by atoms with Crippen molar-refractivity contribution in [3.8, 4) is 0 Å². The minimum Gasteiger partial charge on any atom is -0.207 e. The second-order valence-electron chi connectivity index (χ2n) is 4.79. The van der Waals surface area contributed by atoms with Gasteiger partial charge in [0.1, 0.15) is 0 Å². The van der Waals surface area contributed by atoms with Gasteiger partial charge in [-0.05, 0) is 38.0 Å². The summed E-state index contributed by atoms with van der Waals surface area (Å²) < 4.78 is 63.9. The average Bonchev–Trinajstić information content (AvgIpc) is 2.38. The van der Waals surface area contributed by atoms with E-state index in [0.717, 1.165) is 18.6 Å². The molecule has 20 heavy (non-hydrogen) atoms. The fourth-order valence-corrected chi connectivity index (χ4v) is 3.92. The van der Waals surface area contributed by atoms with Gasteiger partial charge in [0.25, 0.3) is 0 Å². The summed E-state index contributed by atoms with van der Waals surface area (Å²) in [6.07, 6.45) is -2.36. The van der Waals surface area contributed by atoms with Crippen molar-refractivity contribution >= 4 is 10.0 Å². The largest absolute Gasteiger partial charge is 0.416 e. The second kappa shape index (κ2) is 5.37. The fraction of sp³-hybridized carbons (Fsp3) is 0.462. The zero-order valence-electron chi connectivity index (χ0n) is 10.7. The Morgan fingerprint density at radius 1 is 1.25 bits per heavy atom. The van der Waals surface area contributed by atoms with Crippen molar-refractivity contribution in [3.05, 3.63) is 36.8 Å². The highest BCUT2D eigenvalue weighted by atomic mass is 32.2. The molecule has 1 aromatic rings. The third-order valence-corrected chi connectivity index (χ3v) is 5.29. The van der Waals surface area contributed by atoms with Crippen LogP contribution in [-0.2, 0) is 16.2 Å². The Bertz CT molecular complexity index is 584. The van der Waals surface area contributed by atoms with Gasteiger partial charge in [-0.25, -0.2) is 8.42 Å². The van der Waals surface area contributed by atoms with Crippen LogP contribution in [0.25, 0.3) is 0 Å². The zero-order chi connectivity index (χ0) is 15.0. The van der Waals surface area contributed by atoms with E-state index < -0.39 is 27.8 Å². The molecule has 0 N–H and O–H groups in total. The molecule has 1 radical (unpaired) electrons. The van der Waals surface area contributed by atoms with Gasteiger partial charge in [0.15, 0.2) is 0 Å². The summed E-state index contributed by atoms with van der Waals surface area (Å²) in [6.45, 7) is 4.06. The van der Waals surface area contributed by atoms with Gasteiger partial charge < -0.3 is 0 Å². The van der Waals surface area contributed by atoms with Crippen LogP contribution in [0.1, 0.15) is 24.8 Å². The molecular formula is C13H15F3NO2S. The lowest BCUT2D eigenvalue weighted by atomic mass is 10.1. The molecule has 1 aliphatic rings. The number of benzene rings is 1. The summed E-state index contributed by atoms with van der Waals surface area (Å²) in [6, 6.07) is 3.40. The summed E-state index contributed by atoms with van der Waals surface area (Å²) in [5.41, 5.74) is -0.962. The standard InChI is InChI=1S/C13H15F3NO2S/c1-10-5-2-3-8-17(10)20(18,19)12-7-4-6-11(9-12)13(14,15)16/h4,6-7,9-10H,1-3,5,8H2. The SMILES string of the molecule is [CH2]C1CCCCN1S(=O)(=O)c1cccc(C(F)(F)F)c1. The van der Waals surface area contributed by atoms with Crippen molar-refractivity contribution < 1.29 is 21.6 Å². The molecule has 3 nitrogen and oxygen atoms in total. The molecule has 1 atom stereocenters. The number of rotatable bonds is 2. The molecule has 0 saturated carbocycles. The van der Waals surface area contributed by atoms with Gasteiger partial charge in [-0.3, -0.25) is 0 Å². The first-order valence-electron chi connectivity index (χ1n) is 6.25. The Labute approximate surface area is 116 Å². The lowest BCUT2D eigenvalue weighted by molar-refractivity contribution is -0.137. The molecule has 1 saturated heterocycles. The number of alkyl halides is 3. The third kappa shape index (κ3) is 2.98. The summed E-state index contributed by atoms with van der Waals surface area (Å²) in [7, 11) is -3.92. The molecule has 0 bridgehead atoms. The highest BCUT2D eigenvalue weighted by molar-refractivity contribution is 7.89. The predicted molar refractivity (Wildman–Crippen MR) is 68.3 cm³/mol. The van der Waals surface area contributed by atoms with Crippen molar-refractivity contribution in [1.82, 2.24) is 4.31 Å². The number of hydrogen-bond acceptors (Lipinski definition) is 2. The van der Waals surface area contributed by atoms with Crippen LogP contribution in [0, 0.1) is 6.92 Å². The lowest BCUT2D eigenvalue weighted by Crippen LogP contribution is -2.42. The van der Waals surface area contributed by atoms with E-state index in [1.807, 2.05) is 0 Å². The van der Waals surface area contributed by atoms with Gasteiger partial charge in [-0.1, -0.05) is 12.5 Å². The van der Waals surface area contributed by atoms with Crippen molar-refractivity contribution in [3.63, 3.8) is 0 Å². The molecule has 0 aliphatic carbocycles. The molecule has 1 fully saturated rings. The normalized spacial score (nSPS) is 21.9. The van der Waals surface area contributed by atoms with E-state index in [1.165, 1.54) is 10.4 Å². The van der Waals surface area contributed by atoms with E-state index in [1.54, 1.807) is 0 Å².